The molecule has 0 bridgehead atoms. The van der Waals surface area contributed by atoms with Crippen molar-refractivity contribution in [2.24, 2.45) is 0 Å². The van der Waals surface area contributed by atoms with Gasteiger partial charge >= 0.3 is 33.0 Å². The van der Waals surface area contributed by atoms with E-state index in [-0.39, 0.29) is 0 Å². The molecule has 0 aromatic heterocycles. The first kappa shape index (κ1) is 4.52. The standard InChI is InChI=1S/O2P.Zn/c1-3-2;. The van der Waals surface area contributed by atoms with Crippen molar-refractivity contribution in [1.29, 1.82) is 0 Å². The third kappa shape index (κ3) is 21.4. The van der Waals surface area contributed by atoms with Crippen molar-refractivity contribution in [3.05, 3.63) is 0 Å². The van der Waals surface area contributed by atoms with Gasteiger partial charge in [0.15, 0.2) is 0 Å². The molecule has 0 N–H and O–H groups in total. The molecule has 4 heteroatoms. The van der Waals surface area contributed by atoms with Gasteiger partial charge in [0.05, 0.1) is 0 Å². The fourth-order valence-electron chi connectivity index (χ4n) is 0. The van der Waals surface area contributed by atoms with Gasteiger partial charge in [0.1, 0.15) is 0 Å². The first-order chi connectivity index (χ1) is 1.73. The first-order valence-corrected chi connectivity index (χ1v) is 6.02. The summed E-state index contributed by atoms with van der Waals surface area (Å²) in [4.78, 5) is 0. The second-order valence-electron chi connectivity index (χ2n) is 0.333. The van der Waals surface area contributed by atoms with Gasteiger partial charge in [-0.2, -0.15) is 0 Å². The Bertz CT molecular complexity index is 54.4. The van der Waals surface area contributed by atoms with Crippen molar-refractivity contribution in [2.75, 3.05) is 0 Å². The minimum atomic E-state index is -2.00. The summed E-state index contributed by atoms with van der Waals surface area (Å²) in [7, 11) is 0. The fourth-order valence-corrected chi connectivity index (χ4v) is 0. The molecule has 0 atom stereocenters. The SMILES string of the molecule is O=[P](=O)[Zn]. The van der Waals surface area contributed by atoms with Gasteiger partial charge in [-0.25, -0.2) is 0 Å². The van der Waals surface area contributed by atoms with E-state index < -0.39 is 6.01 Å². The summed E-state index contributed by atoms with van der Waals surface area (Å²) in [6.45, 7) is 0. The third-order valence-corrected chi connectivity index (χ3v) is 0. The Kier molecular flexibility index (Phi) is 2.04. The van der Waals surface area contributed by atoms with Gasteiger partial charge in [-0.3, -0.25) is 0 Å². The Morgan fingerprint density at radius 1 is 1.50 bits per heavy atom. The van der Waals surface area contributed by atoms with Crippen LogP contribution < -0.4 is 0 Å². The Labute approximate surface area is 33.6 Å². The monoisotopic (exact) mass is 127 g/mol. The van der Waals surface area contributed by atoms with Gasteiger partial charge in [-0.1, -0.05) is 0 Å². The maximum atomic E-state index is 9.09. The van der Waals surface area contributed by atoms with Gasteiger partial charge in [-0.15, -0.1) is 0 Å². The van der Waals surface area contributed by atoms with Crippen LogP contribution in [0.2, 0.25) is 0 Å². The van der Waals surface area contributed by atoms with E-state index >= 15 is 0 Å². The van der Waals surface area contributed by atoms with Crippen LogP contribution in [0.25, 0.3) is 0 Å². The molecule has 0 saturated carbocycles. The van der Waals surface area contributed by atoms with Crippen LogP contribution in [0.15, 0.2) is 0 Å². The fraction of sp³-hybridized carbons (Fsp3) is 0. The van der Waals surface area contributed by atoms with Crippen LogP contribution in [0.4, 0.5) is 0 Å². The summed E-state index contributed by atoms with van der Waals surface area (Å²) in [6, 6.07) is -2.00. The molecule has 0 amide bonds. The van der Waals surface area contributed by atoms with Crippen LogP contribution in [-0.4, -0.2) is 0 Å². The van der Waals surface area contributed by atoms with Crippen LogP contribution in [0.5, 0.6) is 0 Å². The number of rotatable bonds is 0. The summed E-state index contributed by atoms with van der Waals surface area (Å²) in [5, 5.41) is 0. The van der Waals surface area contributed by atoms with Gasteiger partial charge in [0.25, 0.3) is 0 Å². The van der Waals surface area contributed by atoms with Crippen LogP contribution in [0, 0.1) is 0 Å². The molecule has 0 aromatic rings. The summed E-state index contributed by atoms with van der Waals surface area (Å²) in [5.41, 5.74) is 0. The van der Waals surface area contributed by atoms with Crippen molar-refractivity contribution < 1.29 is 27.0 Å². The van der Waals surface area contributed by atoms with Crippen molar-refractivity contribution in [3.8, 4) is 0 Å². The molecule has 0 aromatic carbocycles. The van der Waals surface area contributed by atoms with Gasteiger partial charge in [-0.05, 0) is 0 Å². The van der Waals surface area contributed by atoms with Crippen LogP contribution in [0.3, 0.4) is 0 Å². The molecule has 0 unspecified atom stereocenters. The molecule has 0 aliphatic carbocycles. The van der Waals surface area contributed by atoms with E-state index in [9.17, 15) is 0 Å². The Morgan fingerprint density at radius 2 is 1.50 bits per heavy atom. The molecule has 0 fully saturated rings. The van der Waals surface area contributed by atoms with E-state index in [1.54, 1.807) is 0 Å². The number of hydrogen-bond acceptors (Lipinski definition) is 2. The van der Waals surface area contributed by atoms with E-state index in [0.717, 1.165) is 0 Å². The topological polar surface area (TPSA) is 34.1 Å². The van der Waals surface area contributed by atoms with E-state index in [2.05, 4.69) is 0 Å². The van der Waals surface area contributed by atoms with Crippen LogP contribution in [0.1, 0.15) is 0 Å². The van der Waals surface area contributed by atoms with E-state index in [1.807, 2.05) is 0 Å². The second-order valence-corrected chi connectivity index (χ2v) is 4.25. The molecule has 0 radical (unpaired) electrons. The van der Waals surface area contributed by atoms with Gasteiger partial charge in [0, 0.05) is 0 Å². The van der Waals surface area contributed by atoms with E-state index in [4.69, 9.17) is 9.13 Å². The minimum absolute atomic E-state index is 0.384. The molecule has 0 heterocycles. The predicted molar refractivity (Wildman–Crippen MR) is 8.29 cm³/mol. The molecule has 19 valence electrons. The van der Waals surface area contributed by atoms with Crippen molar-refractivity contribution in [1.82, 2.24) is 0 Å². The van der Waals surface area contributed by atoms with Crippen molar-refractivity contribution in [3.63, 3.8) is 0 Å². The third-order valence-electron chi connectivity index (χ3n) is 0. The summed E-state index contributed by atoms with van der Waals surface area (Å²) in [6.07, 6.45) is 0. The first-order valence-electron chi connectivity index (χ1n) is 0.681. The average molecular weight is 128 g/mol. The summed E-state index contributed by atoms with van der Waals surface area (Å²) < 4.78 is 18.2. The molecule has 0 saturated heterocycles. The van der Waals surface area contributed by atoms with Gasteiger partial charge < -0.3 is 0 Å². The van der Waals surface area contributed by atoms with E-state index in [1.165, 1.54) is 0 Å². The summed E-state index contributed by atoms with van der Waals surface area (Å²) in [5.74, 6) is 0. The molecule has 0 rings (SSSR count). The Hall–Kier alpha value is 0.523. The second kappa shape index (κ2) is 1.81. The van der Waals surface area contributed by atoms with Crippen molar-refractivity contribution in [2.45, 2.75) is 0 Å². The van der Waals surface area contributed by atoms with Crippen LogP contribution in [-0.2, 0) is 27.0 Å². The molecule has 4 heavy (non-hydrogen) atoms. The molecule has 0 spiro atoms. The Balaban J connectivity index is 3.51. The van der Waals surface area contributed by atoms with E-state index in [0.29, 0.717) is 17.8 Å². The Morgan fingerprint density at radius 3 is 1.50 bits per heavy atom. The molecular formula is O2PZn. The zero-order valence-electron chi connectivity index (χ0n) is 1.97. The molecular weight excluding hydrogens is 128 g/mol. The summed E-state index contributed by atoms with van der Waals surface area (Å²) >= 11 is 0.384. The average Bonchev–Trinajstić information content (AvgIpc) is 0.811. The van der Waals surface area contributed by atoms with Crippen molar-refractivity contribution >= 4 is 6.01 Å². The normalized spacial score (nSPS) is 6.50. The molecule has 0 aliphatic heterocycles. The zero-order valence-corrected chi connectivity index (χ0v) is 5.83. The van der Waals surface area contributed by atoms with Gasteiger partial charge in [0.2, 0.25) is 0 Å². The zero-order chi connectivity index (χ0) is 3.58. The predicted octanol–water partition coefficient (Wildman–Crippen LogP) is 0.621. The maximum absolute atomic E-state index is 9.09. The quantitative estimate of drug-likeness (QED) is 0.354. The molecule has 2 nitrogen and oxygen atoms in total. The molecule has 0 aliphatic rings. The number of hydrogen-bond donors (Lipinski definition) is 0. The van der Waals surface area contributed by atoms with Crippen LogP contribution >= 0.6 is 6.01 Å².